The van der Waals surface area contributed by atoms with E-state index < -0.39 is 13.5 Å². The van der Waals surface area contributed by atoms with Gasteiger partial charge in [-0.2, -0.15) is 0 Å². The monoisotopic (exact) mass is 329 g/mol. The first-order valence-electron chi connectivity index (χ1n) is 6.90. The van der Waals surface area contributed by atoms with Gasteiger partial charge in [-0.05, 0) is 19.9 Å². The van der Waals surface area contributed by atoms with Crippen molar-refractivity contribution in [3.8, 4) is 0 Å². The lowest BCUT2D eigenvalue weighted by Gasteiger charge is -2.16. The molecule has 7 nitrogen and oxygen atoms in total. The van der Waals surface area contributed by atoms with E-state index in [0.717, 1.165) is 0 Å². The van der Waals surface area contributed by atoms with E-state index in [2.05, 4.69) is 5.48 Å². The van der Waals surface area contributed by atoms with Crippen LogP contribution in [0.4, 0.5) is 0 Å². The zero-order chi connectivity index (χ0) is 16.4. The minimum atomic E-state index is -3.20. The van der Waals surface area contributed by atoms with Gasteiger partial charge < -0.3 is 9.05 Å². The molecule has 1 rings (SSSR count). The second-order valence-electron chi connectivity index (χ2n) is 4.15. The van der Waals surface area contributed by atoms with Crippen molar-refractivity contribution in [2.45, 2.75) is 13.8 Å². The molecular formula is C14H20NO6P. The van der Waals surface area contributed by atoms with Crippen molar-refractivity contribution in [1.29, 1.82) is 0 Å². The summed E-state index contributed by atoms with van der Waals surface area (Å²) in [6.45, 7) is 3.91. The number of benzene rings is 1. The van der Waals surface area contributed by atoms with E-state index in [-0.39, 0.29) is 37.1 Å². The lowest BCUT2D eigenvalue weighted by atomic mass is 10.1. The molecule has 0 aliphatic carbocycles. The Balaban J connectivity index is 2.48. The molecule has 0 spiro atoms. The van der Waals surface area contributed by atoms with E-state index in [1.54, 1.807) is 26.0 Å². The van der Waals surface area contributed by atoms with Gasteiger partial charge >= 0.3 is 7.60 Å². The van der Waals surface area contributed by atoms with Gasteiger partial charge in [0.1, 0.15) is 0 Å². The van der Waals surface area contributed by atoms with Gasteiger partial charge in [0.15, 0.2) is 6.29 Å². The highest BCUT2D eigenvalue weighted by Crippen LogP contribution is 2.47. The van der Waals surface area contributed by atoms with Gasteiger partial charge in [0, 0.05) is 5.56 Å². The molecule has 0 radical (unpaired) electrons. The number of rotatable bonds is 10. The first-order chi connectivity index (χ1) is 10.6. The largest absolute Gasteiger partial charge is 0.333 e. The number of carbonyl (C=O) groups excluding carboxylic acids is 2. The van der Waals surface area contributed by atoms with Gasteiger partial charge in [-0.1, -0.05) is 18.2 Å². The molecule has 0 heterocycles. The first kappa shape index (κ1) is 18.5. The molecule has 0 saturated heterocycles. The fraction of sp³-hybridized carbons (Fsp3) is 0.429. The van der Waals surface area contributed by atoms with Crippen molar-refractivity contribution in [3.63, 3.8) is 0 Å². The second-order valence-corrected chi connectivity index (χ2v) is 6.34. The molecule has 1 amide bonds. The molecule has 0 aliphatic heterocycles. The standard InChI is InChI=1S/C14H20NO6P/c1-3-20-22(18,21-4-2)10-9-19-15-14(17)13-8-6-5-7-12(13)11-16/h5-8,11H,3-4,9-10H2,1-2H3,(H,15,17). The smallest absolute Gasteiger partial charge is 0.309 e. The molecule has 122 valence electrons. The van der Waals surface area contributed by atoms with Gasteiger partial charge in [-0.25, -0.2) is 5.48 Å². The number of hydroxylamine groups is 1. The summed E-state index contributed by atoms with van der Waals surface area (Å²) >= 11 is 0. The van der Waals surface area contributed by atoms with Crippen LogP contribution in [0.3, 0.4) is 0 Å². The Morgan fingerprint density at radius 3 is 2.45 bits per heavy atom. The molecule has 22 heavy (non-hydrogen) atoms. The number of carbonyl (C=O) groups is 2. The summed E-state index contributed by atoms with van der Waals surface area (Å²) in [5.74, 6) is -0.551. The normalized spacial score (nSPS) is 11.2. The van der Waals surface area contributed by atoms with Gasteiger partial charge in [0.25, 0.3) is 5.91 Å². The van der Waals surface area contributed by atoms with E-state index in [1.165, 1.54) is 12.1 Å². The highest BCUT2D eigenvalue weighted by Gasteiger charge is 2.23. The fourth-order valence-corrected chi connectivity index (χ4v) is 3.13. The third-order valence-electron chi connectivity index (χ3n) is 2.62. The van der Waals surface area contributed by atoms with Crippen LogP contribution in [0.2, 0.25) is 0 Å². The molecule has 1 aromatic rings. The molecule has 1 aromatic carbocycles. The van der Waals surface area contributed by atoms with Gasteiger partial charge in [-0.15, -0.1) is 0 Å². The van der Waals surface area contributed by atoms with Crippen molar-refractivity contribution in [2.24, 2.45) is 0 Å². The summed E-state index contributed by atoms with van der Waals surface area (Å²) in [7, 11) is -3.20. The predicted octanol–water partition coefficient (Wildman–Crippen LogP) is 2.43. The minimum Gasteiger partial charge on any atom is -0.309 e. The third kappa shape index (κ3) is 5.69. The van der Waals surface area contributed by atoms with Crippen LogP contribution in [0.1, 0.15) is 34.6 Å². The summed E-state index contributed by atoms with van der Waals surface area (Å²) in [5.41, 5.74) is 2.67. The first-order valence-corrected chi connectivity index (χ1v) is 8.63. The maximum Gasteiger partial charge on any atom is 0.333 e. The Hall–Kier alpha value is -1.53. The molecule has 0 saturated carbocycles. The Labute approximate surface area is 129 Å². The Morgan fingerprint density at radius 2 is 1.86 bits per heavy atom. The van der Waals surface area contributed by atoms with Crippen LogP contribution in [0.5, 0.6) is 0 Å². The highest BCUT2D eigenvalue weighted by atomic mass is 31.2. The molecular weight excluding hydrogens is 309 g/mol. The lowest BCUT2D eigenvalue weighted by Crippen LogP contribution is -2.26. The average molecular weight is 329 g/mol. The summed E-state index contributed by atoms with van der Waals surface area (Å²) < 4.78 is 22.3. The third-order valence-corrected chi connectivity index (χ3v) is 4.65. The summed E-state index contributed by atoms with van der Waals surface area (Å²) in [6, 6.07) is 6.33. The minimum absolute atomic E-state index is 0.0181. The quantitative estimate of drug-likeness (QED) is 0.307. The zero-order valence-electron chi connectivity index (χ0n) is 12.6. The zero-order valence-corrected chi connectivity index (χ0v) is 13.5. The molecule has 0 atom stereocenters. The molecule has 0 aromatic heterocycles. The number of nitrogens with one attached hydrogen (secondary N) is 1. The van der Waals surface area contributed by atoms with Gasteiger partial charge in [0.2, 0.25) is 0 Å². The van der Waals surface area contributed by atoms with Crippen molar-refractivity contribution in [1.82, 2.24) is 5.48 Å². The Kier molecular flexibility index (Phi) is 7.98. The summed E-state index contributed by atoms with van der Waals surface area (Å²) in [5, 5.41) is 0. The molecule has 0 aliphatic rings. The second kappa shape index (κ2) is 9.48. The van der Waals surface area contributed by atoms with Crippen LogP contribution < -0.4 is 5.48 Å². The number of amides is 1. The van der Waals surface area contributed by atoms with Crippen LogP contribution in [0.25, 0.3) is 0 Å². The molecule has 0 bridgehead atoms. The average Bonchev–Trinajstić information content (AvgIpc) is 2.52. The van der Waals surface area contributed by atoms with E-state index in [9.17, 15) is 14.2 Å². The molecule has 1 N–H and O–H groups in total. The van der Waals surface area contributed by atoms with Gasteiger partial charge in [0.05, 0.1) is 31.5 Å². The van der Waals surface area contributed by atoms with E-state index in [0.29, 0.717) is 6.29 Å². The van der Waals surface area contributed by atoms with E-state index in [1.807, 2.05) is 0 Å². The van der Waals surface area contributed by atoms with Crippen LogP contribution >= 0.6 is 7.60 Å². The van der Waals surface area contributed by atoms with Crippen LogP contribution in [-0.4, -0.2) is 38.2 Å². The predicted molar refractivity (Wildman–Crippen MR) is 81.0 cm³/mol. The van der Waals surface area contributed by atoms with Crippen molar-refractivity contribution >= 4 is 19.8 Å². The number of aldehydes is 1. The molecule has 8 heteroatoms. The number of hydrogen-bond donors (Lipinski definition) is 1. The van der Waals surface area contributed by atoms with Crippen LogP contribution in [0.15, 0.2) is 24.3 Å². The maximum absolute atomic E-state index is 12.1. The van der Waals surface area contributed by atoms with E-state index in [4.69, 9.17) is 13.9 Å². The highest BCUT2D eigenvalue weighted by molar-refractivity contribution is 7.53. The Bertz CT molecular complexity index is 538. The van der Waals surface area contributed by atoms with Crippen LogP contribution in [0, 0.1) is 0 Å². The summed E-state index contributed by atoms with van der Waals surface area (Å²) in [6.07, 6.45) is 0.609. The van der Waals surface area contributed by atoms with E-state index >= 15 is 0 Å². The SMILES string of the molecule is CCOP(=O)(CCONC(=O)c1ccccc1C=O)OCC. The lowest BCUT2D eigenvalue weighted by molar-refractivity contribution is 0.0353. The molecule has 0 unspecified atom stereocenters. The number of hydrogen-bond acceptors (Lipinski definition) is 6. The van der Waals surface area contributed by atoms with Crippen LogP contribution in [-0.2, 0) is 18.5 Å². The van der Waals surface area contributed by atoms with Gasteiger partial charge in [-0.3, -0.25) is 19.0 Å². The van der Waals surface area contributed by atoms with Crippen molar-refractivity contribution in [2.75, 3.05) is 26.0 Å². The topological polar surface area (TPSA) is 90.9 Å². The maximum atomic E-state index is 12.1. The molecule has 0 fully saturated rings. The summed E-state index contributed by atoms with van der Waals surface area (Å²) in [4.78, 5) is 27.7. The fourth-order valence-electron chi connectivity index (χ4n) is 1.70. The Morgan fingerprint density at radius 1 is 1.23 bits per heavy atom. The van der Waals surface area contributed by atoms with Crippen molar-refractivity contribution < 1.29 is 28.0 Å². The van der Waals surface area contributed by atoms with Crippen molar-refractivity contribution in [3.05, 3.63) is 35.4 Å².